The third kappa shape index (κ3) is 4.13. The maximum absolute atomic E-state index is 6.19. The van der Waals surface area contributed by atoms with Crippen LogP contribution in [0.25, 0.3) is 0 Å². The second kappa shape index (κ2) is 7.95. The number of nitrogens with one attached hydrogen (secondary N) is 2. The van der Waals surface area contributed by atoms with Crippen LogP contribution in [-0.4, -0.2) is 5.11 Å². The monoisotopic (exact) mass is 352 g/mol. The molecule has 3 aromatic carbocycles. The number of halogens is 1. The number of hydrogen-bond acceptors (Lipinski definition) is 1. The molecule has 0 aromatic heterocycles. The zero-order valence-corrected chi connectivity index (χ0v) is 14.5. The van der Waals surface area contributed by atoms with Crippen molar-refractivity contribution in [2.24, 2.45) is 0 Å². The number of thiocarbonyl (C=S) groups is 1. The third-order valence-electron chi connectivity index (χ3n) is 3.66. The molecule has 0 atom stereocenters. The van der Waals surface area contributed by atoms with E-state index in [2.05, 4.69) is 34.9 Å². The molecule has 0 unspecified atom stereocenters. The Morgan fingerprint density at radius 3 is 1.79 bits per heavy atom. The standard InChI is InChI=1S/C20H17ClN2S/c21-17-13-7-8-14-18(17)22-20(24)23-19(15-9-3-1-4-10-15)16-11-5-2-6-12-16/h1-14,19H,(H2,22,23,24). The van der Waals surface area contributed by atoms with Gasteiger partial charge in [0.25, 0.3) is 0 Å². The van der Waals surface area contributed by atoms with E-state index in [0.717, 1.165) is 16.8 Å². The SMILES string of the molecule is S=C(Nc1ccccc1Cl)NC(c1ccccc1)c1ccccc1. The molecule has 3 rings (SSSR count). The largest absolute Gasteiger partial charge is 0.352 e. The first kappa shape index (κ1) is 16.5. The van der Waals surface area contributed by atoms with Gasteiger partial charge in [-0.05, 0) is 35.5 Å². The van der Waals surface area contributed by atoms with E-state index in [-0.39, 0.29) is 6.04 Å². The van der Waals surface area contributed by atoms with Crippen LogP contribution in [0.1, 0.15) is 17.2 Å². The van der Waals surface area contributed by atoms with Gasteiger partial charge in [-0.15, -0.1) is 0 Å². The Balaban J connectivity index is 1.82. The minimum absolute atomic E-state index is 0.0325. The molecular weight excluding hydrogens is 336 g/mol. The molecule has 24 heavy (non-hydrogen) atoms. The van der Waals surface area contributed by atoms with E-state index < -0.39 is 0 Å². The van der Waals surface area contributed by atoms with Gasteiger partial charge in [0.05, 0.1) is 16.8 Å². The molecule has 2 nitrogen and oxygen atoms in total. The highest BCUT2D eigenvalue weighted by atomic mass is 35.5. The summed E-state index contributed by atoms with van der Waals surface area (Å²) >= 11 is 11.7. The van der Waals surface area contributed by atoms with E-state index in [0.29, 0.717) is 10.1 Å². The lowest BCUT2D eigenvalue weighted by Crippen LogP contribution is -2.33. The third-order valence-corrected chi connectivity index (χ3v) is 4.21. The first-order valence-electron chi connectivity index (χ1n) is 7.66. The second-order valence-electron chi connectivity index (χ2n) is 5.33. The van der Waals surface area contributed by atoms with Gasteiger partial charge >= 0.3 is 0 Å². The minimum atomic E-state index is -0.0325. The van der Waals surface area contributed by atoms with E-state index in [4.69, 9.17) is 23.8 Å². The zero-order chi connectivity index (χ0) is 16.8. The zero-order valence-electron chi connectivity index (χ0n) is 12.9. The quantitative estimate of drug-likeness (QED) is 0.613. The first-order chi connectivity index (χ1) is 11.7. The van der Waals surface area contributed by atoms with Gasteiger partial charge < -0.3 is 10.6 Å². The fourth-order valence-electron chi connectivity index (χ4n) is 2.50. The van der Waals surface area contributed by atoms with Crippen LogP contribution < -0.4 is 10.6 Å². The van der Waals surface area contributed by atoms with Gasteiger partial charge in [0.15, 0.2) is 5.11 Å². The average Bonchev–Trinajstić information content (AvgIpc) is 2.63. The molecule has 3 aromatic rings. The van der Waals surface area contributed by atoms with E-state index >= 15 is 0 Å². The van der Waals surface area contributed by atoms with Crippen molar-refractivity contribution in [1.29, 1.82) is 0 Å². The van der Waals surface area contributed by atoms with Gasteiger partial charge in [-0.25, -0.2) is 0 Å². The van der Waals surface area contributed by atoms with Gasteiger partial charge in [-0.1, -0.05) is 84.4 Å². The summed E-state index contributed by atoms with van der Waals surface area (Å²) in [5.74, 6) is 0. The Hall–Kier alpha value is -2.36. The highest BCUT2D eigenvalue weighted by molar-refractivity contribution is 7.80. The summed E-state index contributed by atoms with van der Waals surface area (Å²) in [5.41, 5.74) is 3.08. The predicted octanol–water partition coefficient (Wildman–Crippen LogP) is 5.42. The van der Waals surface area contributed by atoms with Crippen molar-refractivity contribution >= 4 is 34.6 Å². The summed E-state index contributed by atoms with van der Waals surface area (Å²) in [7, 11) is 0. The van der Waals surface area contributed by atoms with Crippen LogP contribution in [0.4, 0.5) is 5.69 Å². The molecule has 2 N–H and O–H groups in total. The van der Waals surface area contributed by atoms with Crippen LogP contribution in [0.3, 0.4) is 0 Å². The van der Waals surface area contributed by atoms with Crippen LogP contribution in [0.2, 0.25) is 5.02 Å². The van der Waals surface area contributed by atoms with Gasteiger partial charge in [-0.2, -0.15) is 0 Å². The van der Waals surface area contributed by atoms with Gasteiger partial charge in [0, 0.05) is 0 Å². The Morgan fingerprint density at radius 2 is 1.25 bits per heavy atom. The molecule has 0 aliphatic carbocycles. The van der Waals surface area contributed by atoms with E-state index in [1.54, 1.807) is 0 Å². The maximum atomic E-state index is 6.19. The summed E-state index contributed by atoms with van der Waals surface area (Å²) in [5, 5.41) is 7.72. The molecule has 0 aliphatic heterocycles. The predicted molar refractivity (Wildman–Crippen MR) is 106 cm³/mol. The van der Waals surface area contributed by atoms with Crippen molar-refractivity contribution in [3.05, 3.63) is 101 Å². The Morgan fingerprint density at radius 1 is 0.750 bits per heavy atom. The molecule has 120 valence electrons. The van der Waals surface area contributed by atoms with E-state index in [1.807, 2.05) is 60.7 Å². The number of rotatable bonds is 4. The Kier molecular flexibility index (Phi) is 5.47. The number of para-hydroxylation sites is 1. The van der Waals surface area contributed by atoms with E-state index in [9.17, 15) is 0 Å². The fraction of sp³-hybridized carbons (Fsp3) is 0.0500. The van der Waals surface area contributed by atoms with Crippen molar-refractivity contribution in [3.8, 4) is 0 Å². The lowest BCUT2D eigenvalue weighted by atomic mass is 9.99. The molecular formula is C20H17ClN2S. The highest BCUT2D eigenvalue weighted by Crippen LogP contribution is 2.23. The topological polar surface area (TPSA) is 24.1 Å². The van der Waals surface area contributed by atoms with Gasteiger partial charge in [0.2, 0.25) is 0 Å². The summed E-state index contributed by atoms with van der Waals surface area (Å²) in [4.78, 5) is 0. The highest BCUT2D eigenvalue weighted by Gasteiger charge is 2.15. The van der Waals surface area contributed by atoms with Crippen LogP contribution in [-0.2, 0) is 0 Å². The van der Waals surface area contributed by atoms with Crippen LogP contribution in [0.15, 0.2) is 84.9 Å². The molecule has 0 radical (unpaired) electrons. The molecule has 0 aliphatic rings. The molecule has 0 saturated carbocycles. The van der Waals surface area contributed by atoms with Crippen molar-refractivity contribution in [3.63, 3.8) is 0 Å². The van der Waals surface area contributed by atoms with Crippen molar-refractivity contribution < 1.29 is 0 Å². The normalized spacial score (nSPS) is 10.4. The lowest BCUT2D eigenvalue weighted by molar-refractivity contribution is 0.769. The summed E-state index contributed by atoms with van der Waals surface area (Å²) in [6.45, 7) is 0. The van der Waals surface area contributed by atoms with Crippen LogP contribution in [0, 0.1) is 0 Å². The van der Waals surface area contributed by atoms with Gasteiger partial charge in [-0.3, -0.25) is 0 Å². The molecule has 0 bridgehead atoms. The lowest BCUT2D eigenvalue weighted by Gasteiger charge is -2.22. The van der Waals surface area contributed by atoms with E-state index in [1.165, 1.54) is 0 Å². The Labute approximate surface area is 152 Å². The molecule has 0 spiro atoms. The minimum Gasteiger partial charge on any atom is -0.352 e. The van der Waals surface area contributed by atoms with Gasteiger partial charge in [0.1, 0.15) is 0 Å². The average molecular weight is 353 g/mol. The maximum Gasteiger partial charge on any atom is 0.171 e. The summed E-state index contributed by atoms with van der Waals surface area (Å²) in [6.07, 6.45) is 0. The van der Waals surface area contributed by atoms with Crippen molar-refractivity contribution in [2.45, 2.75) is 6.04 Å². The van der Waals surface area contributed by atoms with Crippen molar-refractivity contribution in [2.75, 3.05) is 5.32 Å². The fourth-order valence-corrected chi connectivity index (χ4v) is 2.91. The summed E-state index contributed by atoms with van der Waals surface area (Å²) in [6, 6.07) is 28.0. The molecule has 0 saturated heterocycles. The molecule has 0 heterocycles. The summed E-state index contributed by atoms with van der Waals surface area (Å²) < 4.78 is 0. The number of benzene rings is 3. The van der Waals surface area contributed by atoms with Crippen molar-refractivity contribution in [1.82, 2.24) is 5.32 Å². The first-order valence-corrected chi connectivity index (χ1v) is 8.44. The smallest absolute Gasteiger partial charge is 0.171 e. The molecule has 4 heteroatoms. The second-order valence-corrected chi connectivity index (χ2v) is 6.15. The van der Waals surface area contributed by atoms with Crippen LogP contribution in [0.5, 0.6) is 0 Å². The molecule has 0 fully saturated rings. The van der Waals surface area contributed by atoms with Crippen LogP contribution >= 0.6 is 23.8 Å². The molecule has 0 amide bonds. The number of hydrogen-bond donors (Lipinski definition) is 2. The Bertz CT molecular complexity index is 767. The number of anilines is 1.